The lowest BCUT2D eigenvalue weighted by Crippen LogP contribution is -2.22. The fourth-order valence-corrected chi connectivity index (χ4v) is 2.66. The summed E-state index contributed by atoms with van der Waals surface area (Å²) in [4.78, 5) is 27.0. The van der Waals surface area contributed by atoms with Crippen molar-refractivity contribution in [1.82, 2.24) is 15.0 Å². The van der Waals surface area contributed by atoms with E-state index in [0.29, 0.717) is 23.0 Å². The number of rotatable bonds is 3. The molecule has 0 aromatic carbocycles. The van der Waals surface area contributed by atoms with E-state index in [1.807, 2.05) is 13.8 Å². The van der Waals surface area contributed by atoms with Crippen LogP contribution in [0.4, 0.5) is 16.0 Å². The van der Waals surface area contributed by atoms with E-state index in [1.54, 1.807) is 0 Å². The van der Waals surface area contributed by atoms with Crippen molar-refractivity contribution in [3.63, 3.8) is 0 Å². The van der Waals surface area contributed by atoms with Gasteiger partial charge >= 0.3 is 0 Å². The van der Waals surface area contributed by atoms with Crippen LogP contribution in [0.2, 0.25) is 0 Å². The lowest BCUT2D eigenvalue weighted by molar-refractivity contribution is 0.102. The first-order chi connectivity index (χ1) is 11.0. The van der Waals surface area contributed by atoms with Gasteiger partial charge in [0.05, 0.1) is 28.8 Å². The lowest BCUT2D eigenvalue weighted by Gasteiger charge is -2.18. The molecule has 1 saturated heterocycles. The molecule has 2 aromatic heterocycles. The predicted octanol–water partition coefficient (Wildman–Crippen LogP) is 2.48. The number of hydrogen-bond acceptors (Lipinski definition) is 5. The fraction of sp³-hybridized carbons (Fsp3) is 0.375. The van der Waals surface area contributed by atoms with Crippen LogP contribution in [-0.2, 0) is 0 Å². The van der Waals surface area contributed by atoms with Crippen LogP contribution in [0.15, 0.2) is 18.5 Å². The van der Waals surface area contributed by atoms with Crippen molar-refractivity contribution < 1.29 is 9.18 Å². The van der Waals surface area contributed by atoms with Crippen molar-refractivity contribution in [2.75, 3.05) is 23.3 Å². The minimum atomic E-state index is -0.549. The van der Waals surface area contributed by atoms with Crippen LogP contribution in [0.3, 0.4) is 0 Å². The summed E-state index contributed by atoms with van der Waals surface area (Å²) in [5.74, 6) is -0.282. The third-order valence-electron chi connectivity index (χ3n) is 3.85. The fourth-order valence-electron chi connectivity index (χ4n) is 2.66. The first kappa shape index (κ1) is 15.3. The zero-order valence-corrected chi connectivity index (χ0v) is 13.1. The van der Waals surface area contributed by atoms with E-state index < -0.39 is 11.7 Å². The van der Waals surface area contributed by atoms with Crippen LogP contribution in [0.25, 0.3) is 0 Å². The Morgan fingerprint density at radius 3 is 2.43 bits per heavy atom. The average Bonchev–Trinajstić information content (AvgIpc) is 3.05. The number of aryl methyl sites for hydroxylation is 2. The summed E-state index contributed by atoms with van der Waals surface area (Å²) in [6.07, 6.45) is 4.67. The van der Waals surface area contributed by atoms with Gasteiger partial charge in [0.2, 0.25) is 5.95 Å². The van der Waals surface area contributed by atoms with E-state index in [-0.39, 0.29) is 5.56 Å². The number of anilines is 2. The summed E-state index contributed by atoms with van der Waals surface area (Å²) < 4.78 is 13.2. The SMILES string of the molecule is Cc1nc(N2CCCC2)nc(C)c1NC(=O)c1cncc(F)c1. The normalized spacial score (nSPS) is 14.1. The van der Waals surface area contributed by atoms with E-state index in [9.17, 15) is 9.18 Å². The zero-order chi connectivity index (χ0) is 16.4. The molecule has 0 radical (unpaired) electrons. The summed E-state index contributed by atoms with van der Waals surface area (Å²) in [5.41, 5.74) is 2.10. The van der Waals surface area contributed by atoms with Crippen LogP contribution in [0.1, 0.15) is 34.6 Å². The Morgan fingerprint density at radius 1 is 1.17 bits per heavy atom. The highest BCUT2D eigenvalue weighted by atomic mass is 19.1. The quantitative estimate of drug-likeness (QED) is 0.942. The van der Waals surface area contributed by atoms with Gasteiger partial charge in [-0.3, -0.25) is 9.78 Å². The number of carbonyl (C=O) groups excluding carboxylic acids is 1. The van der Waals surface area contributed by atoms with E-state index in [0.717, 1.165) is 38.2 Å². The second-order valence-corrected chi connectivity index (χ2v) is 5.61. The molecule has 3 rings (SSSR count). The second kappa shape index (κ2) is 6.28. The summed E-state index contributed by atoms with van der Waals surface area (Å²) in [6, 6.07) is 1.15. The van der Waals surface area contributed by atoms with Crippen LogP contribution in [-0.4, -0.2) is 33.9 Å². The topological polar surface area (TPSA) is 71.0 Å². The van der Waals surface area contributed by atoms with Crippen molar-refractivity contribution in [3.8, 4) is 0 Å². The molecule has 1 amide bonds. The van der Waals surface area contributed by atoms with E-state index in [2.05, 4.69) is 25.2 Å². The van der Waals surface area contributed by atoms with Crippen LogP contribution >= 0.6 is 0 Å². The van der Waals surface area contributed by atoms with E-state index >= 15 is 0 Å². The van der Waals surface area contributed by atoms with Crippen LogP contribution < -0.4 is 10.2 Å². The van der Waals surface area contributed by atoms with Gasteiger partial charge in [-0.1, -0.05) is 0 Å². The van der Waals surface area contributed by atoms with Crippen molar-refractivity contribution in [1.29, 1.82) is 0 Å². The Balaban J connectivity index is 1.84. The minimum Gasteiger partial charge on any atom is -0.341 e. The maximum absolute atomic E-state index is 13.2. The molecule has 120 valence electrons. The summed E-state index contributed by atoms with van der Waals surface area (Å²) in [7, 11) is 0. The zero-order valence-electron chi connectivity index (χ0n) is 13.1. The van der Waals surface area contributed by atoms with Crippen molar-refractivity contribution in [2.45, 2.75) is 26.7 Å². The largest absolute Gasteiger partial charge is 0.341 e. The molecule has 1 fully saturated rings. The highest BCUT2D eigenvalue weighted by Crippen LogP contribution is 2.23. The van der Waals surface area contributed by atoms with Gasteiger partial charge in [0.15, 0.2) is 0 Å². The molecule has 0 bridgehead atoms. The molecule has 2 aromatic rings. The Bertz CT molecular complexity index is 720. The third kappa shape index (κ3) is 3.28. The smallest absolute Gasteiger partial charge is 0.257 e. The minimum absolute atomic E-state index is 0.160. The van der Waals surface area contributed by atoms with Crippen LogP contribution in [0.5, 0.6) is 0 Å². The standard InChI is InChI=1S/C16H18FN5O/c1-10-14(21-15(23)12-7-13(17)9-18-8-12)11(2)20-16(19-10)22-5-3-4-6-22/h7-9H,3-6H2,1-2H3,(H,21,23). The summed E-state index contributed by atoms with van der Waals surface area (Å²) in [5, 5.41) is 2.75. The Hall–Kier alpha value is -2.57. The average molecular weight is 315 g/mol. The van der Waals surface area contributed by atoms with Crippen molar-refractivity contribution >= 4 is 17.5 Å². The van der Waals surface area contributed by atoms with E-state index in [4.69, 9.17) is 0 Å². The Kier molecular flexibility index (Phi) is 4.18. The first-order valence-corrected chi connectivity index (χ1v) is 7.56. The number of amides is 1. The molecule has 3 heterocycles. The maximum atomic E-state index is 13.2. The van der Waals surface area contributed by atoms with Gasteiger partial charge in [0, 0.05) is 19.3 Å². The number of hydrogen-bond donors (Lipinski definition) is 1. The highest BCUT2D eigenvalue weighted by molar-refractivity contribution is 6.04. The number of halogens is 1. The van der Waals surface area contributed by atoms with Gasteiger partial charge in [-0.15, -0.1) is 0 Å². The first-order valence-electron chi connectivity index (χ1n) is 7.56. The van der Waals surface area contributed by atoms with Crippen LogP contribution in [0, 0.1) is 19.7 Å². The molecule has 23 heavy (non-hydrogen) atoms. The third-order valence-corrected chi connectivity index (χ3v) is 3.85. The summed E-state index contributed by atoms with van der Waals surface area (Å²) >= 11 is 0. The number of pyridine rings is 1. The molecule has 1 aliphatic rings. The molecule has 0 saturated carbocycles. The molecule has 6 nitrogen and oxygen atoms in total. The monoisotopic (exact) mass is 315 g/mol. The molecule has 0 unspecified atom stereocenters. The second-order valence-electron chi connectivity index (χ2n) is 5.61. The Morgan fingerprint density at radius 2 is 1.83 bits per heavy atom. The van der Waals surface area contributed by atoms with Gasteiger partial charge in [0.25, 0.3) is 5.91 Å². The number of carbonyl (C=O) groups is 1. The summed E-state index contributed by atoms with van der Waals surface area (Å²) in [6.45, 7) is 5.57. The van der Waals surface area contributed by atoms with Crippen molar-refractivity contribution in [2.24, 2.45) is 0 Å². The lowest BCUT2D eigenvalue weighted by atomic mass is 10.2. The number of nitrogens with one attached hydrogen (secondary N) is 1. The van der Waals surface area contributed by atoms with Gasteiger partial charge < -0.3 is 10.2 Å². The molecular weight excluding hydrogens is 297 g/mol. The number of aromatic nitrogens is 3. The molecule has 7 heteroatoms. The maximum Gasteiger partial charge on any atom is 0.257 e. The molecular formula is C16H18FN5O. The highest BCUT2D eigenvalue weighted by Gasteiger charge is 2.19. The predicted molar refractivity (Wildman–Crippen MR) is 85.1 cm³/mol. The molecule has 0 atom stereocenters. The number of nitrogens with zero attached hydrogens (tertiary/aromatic N) is 4. The van der Waals surface area contributed by atoms with Gasteiger partial charge in [-0.2, -0.15) is 0 Å². The van der Waals surface area contributed by atoms with E-state index in [1.165, 1.54) is 6.20 Å². The Labute approximate surface area is 133 Å². The molecule has 0 spiro atoms. The van der Waals surface area contributed by atoms with Gasteiger partial charge in [-0.05, 0) is 32.8 Å². The van der Waals surface area contributed by atoms with Gasteiger partial charge in [-0.25, -0.2) is 14.4 Å². The molecule has 0 aliphatic carbocycles. The van der Waals surface area contributed by atoms with Crippen molar-refractivity contribution in [3.05, 3.63) is 41.2 Å². The molecule has 1 N–H and O–H groups in total. The van der Waals surface area contributed by atoms with Gasteiger partial charge in [0.1, 0.15) is 5.82 Å². The molecule has 1 aliphatic heterocycles.